The molecule has 1 N–H and O–H groups in total. The summed E-state index contributed by atoms with van der Waals surface area (Å²) in [5.41, 5.74) is 2.87. The predicted molar refractivity (Wildman–Crippen MR) is 164 cm³/mol. The third kappa shape index (κ3) is 9.75. The molecule has 2 atom stereocenters. The number of rotatable bonds is 20. The second-order valence-electron chi connectivity index (χ2n) is 11.8. The maximum Gasteiger partial charge on any atom is 0.258 e. The van der Waals surface area contributed by atoms with Crippen molar-refractivity contribution in [1.29, 1.82) is 0 Å². The van der Waals surface area contributed by atoms with Gasteiger partial charge < -0.3 is 0 Å². The van der Waals surface area contributed by atoms with E-state index in [0.717, 1.165) is 6.42 Å². The van der Waals surface area contributed by atoms with E-state index in [1.165, 1.54) is 113 Å². The zero-order valence-corrected chi connectivity index (χ0v) is 24.8. The van der Waals surface area contributed by atoms with Crippen LogP contribution in [0.15, 0.2) is 73.1 Å². The Balaban J connectivity index is 1.51. The van der Waals surface area contributed by atoms with Gasteiger partial charge in [-0.05, 0) is 24.0 Å². The molecule has 1 heterocycles. The molecule has 0 aliphatic heterocycles. The van der Waals surface area contributed by atoms with E-state index in [0.29, 0.717) is 5.92 Å². The minimum atomic E-state index is 0.0156. The standard InChI is InChI=1S/C36H54N2/c1-4-5-6-7-8-9-10-11-12-13-14-15-16-23-28-34(35-37-29-30-38(35)3)36(2,33-26-21-18-22-27-33)31-32-24-19-17-20-25-32/h17-22,24-27,29-30,34H,4-16,23,28,31H2,1-3H3/p+1. The van der Waals surface area contributed by atoms with Crippen LogP contribution in [0.1, 0.15) is 133 Å². The number of H-pyrrole nitrogens is 1. The van der Waals surface area contributed by atoms with Crippen molar-refractivity contribution in [2.75, 3.05) is 0 Å². The van der Waals surface area contributed by atoms with Crippen molar-refractivity contribution >= 4 is 0 Å². The van der Waals surface area contributed by atoms with Crippen molar-refractivity contribution in [3.63, 3.8) is 0 Å². The van der Waals surface area contributed by atoms with Gasteiger partial charge in [0.05, 0.1) is 13.0 Å². The highest BCUT2D eigenvalue weighted by atomic mass is 15.0. The summed E-state index contributed by atoms with van der Waals surface area (Å²) in [4.78, 5) is 3.63. The van der Waals surface area contributed by atoms with E-state index in [2.05, 4.69) is 104 Å². The third-order valence-electron chi connectivity index (χ3n) is 8.70. The lowest BCUT2D eigenvalue weighted by atomic mass is 9.66. The van der Waals surface area contributed by atoms with Gasteiger partial charge in [-0.25, -0.2) is 9.55 Å². The highest BCUT2D eigenvalue weighted by Crippen LogP contribution is 2.43. The molecule has 0 aliphatic carbocycles. The molecule has 0 radical (unpaired) electrons. The first-order chi connectivity index (χ1) is 18.6. The zero-order valence-electron chi connectivity index (χ0n) is 24.8. The average Bonchev–Trinajstić information content (AvgIpc) is 3.37. The highest BCUT2D eigenvalue weighted by Gasteiger charge is 2.41. The summed E-state index contributed by atoms with van der Waals surface area (Å²) in [7, 11) is 2.19. The summed E-state index contributed by atoms with van der Waals surface area (Å²) >= 11 is 0. The fourth-order valence-corrected chi connectivity index (χ4v) is 6.33. The van der Waals surface area contributed by atoms with Crippen molar-refractivity contribution in [2.24, 2.45) is 7.05 Å². The molecule has 3 aromatic rings. The Morgan fingerprint density at radius 2 is 1.18 bits per heavy atom. The number of aryl methyl sites for hydroxylation is 1. The average molecular weight is 516 g/mol. The summed E-state index contributed by atoms with van der Waals surface area (Å²) < 4.78 is 2.31. The lowest BCUT2D eigenvalue weighted by Crippen LogP contribution is -2.41. The van der Waals surface area contributed by atoms with E-state index in [4.69, 9.17) is 0 Å². The largest absolute Gasteiger partial charge is 0.258 e. The predicted octanol–water partition coefficient (Wildman–Crippen LogP) is 9.99. The summed E-state index contributed by atoms with van der Waals surface area (Å²) in [5, 5.41) is 0. The van der Waals surface area contributed by atoms with Gasteiger partial charge in [-0.3, -0.25) is 0 Å². The van der Waals surface area contributed by atoms with Crippen molar-refractivity contribution < 1.29 is 4.57 Å². The number of hydrogen-bond acceptors (Lipinski definition) is 0. The summed E-state index contributed by atoms with van der Waals surface area (Å²) in [5.74, 6) is 1.78. The van der Waals surface area contributed by atoms with Crippen LogP contribution in [0.25, 0.3) is 0 Å². The Morgan fingerprint density at radius 1 is 0.684 bits per heavy atom. The van der Waals surface area contributed by atoms with Gasteiger partial charge in [0.25, 0.3) is 5.82 Å². The lowest BCUT2D eigenvalue weighted by molar-refractivity contribution is -0.679. The molecule has 0 saturated carbocycles. The molecule has 0 saturated heterocycles. The van der Waals surface area contributed by atoms with Crippen molar-refractivity contribution in [3.05, 3.63) is 90.0 Å². The number of aromatic amines is 1. The number of benzene rings is 2. The van der Waals surface area contributed by atoms with E-state index < -0.39 is 0 Å². The first-order valence-corrected chi connectivity index (χ1v) is 15.8. The van der Waals surface area contributed by atoms with Crippen LogP contribution >= 0.6 is 0 Å². The number of aromatic nitrogens is 2. The van der Waals surface area contributed by atoms with Gasteiger partial charge >= 0.3 is 0 Å². The van der Waals surface area contributed by atoms with Crippen molar-refractivity contribution in [2.45, 2.75) is 128 Å². The molecule has 0 spiro atoms. The first kappa shape index (κ1) is 30.2. The van der Waals surface area contributed by atoms with Gasteiger partial charge in [0.2, 0.25) is 0 Å². The Labute approximate surface area is 234 Å². The molecule has 2 unspecified atom stereocenters. The van der Waals surface area contributed by atoms with Crippen LogP contribution in [-0.2, 0) is 18.9 Å². The van der Waals surface area contributed by atoms with Gasteiger partial charge in [0, 0.05) is 5.41 Å². The smallest absolute Gasteiger partial charge is 0.247 e. The maximum absolute atomic E-state index is 3.63. The Morgan fingerprint density at radius 3 is 1.68 bits per heavy atom. The lowest BCUT2D eigenvalue weighted by Gasteiger charge is -2.37. The van der Waals surface area contributed by atoms with E-state index in [1.54, 1.807) is 0 Å². The third-order valence-corrected chi connectivity index (χ3v) is 8.70. The molecule has 3 rings (SSSR count). The Hall–Kier alpha value is -2.35. The number of nitrogens with zero attached hydrogens (tertiary/aromatic N) is 1. The topological polar surface area (TPSA) is 19.7 Å². The van der Waals surface area contributed by atoms with Gasteiger partial charge in [0.1, 0.15) is 12.4 Å². The van der Waals surface area contributed by atoms with Gasteiger partial charge in [-0.15, -0.1) is 0 Å². The Kier molecular flexibility index (Phi) is 13.7. The normalized spacial score (nSPS) is 13.9. The summed E-state index contributed by atoms with van der Waals surface area (Å²) in [6.45, 7) is 4.79. The monoisotopic (exact) mass is 515 g/mol. The van der Waals surface area contributed by atoms with Gasteiger partial charge in [0.15, 0.2) is 0 Å². The number of hydrogen-bond donors (Lipinski definition) is 1. The fraction of sp³-hybridized carbons (Fsp3) is 0.583. The van der Waals surface area contributed by atoms with Crippen LogP contribution in [-0.4, -0.2) is 4.98 Å². The van der Waals surface area contributed by atoms with Crippen molar-refractivity contribution in [3.8, 4) is 0 Å². The minimum absolute atomic E-state index is 0.0156. The van der Waals surface area contributed by atoms with Crippen LogP contribution in [0.5, 0.6) is 0 Å². The van der Waals surface area contributed by atoms with Crippen LogP contribution in [0.4, 0.5) is 0 Å². The molecule has 208 valence electrons. The molecule has 2 aromatic carbocycles. The Bertz CT molecular complexity index is 977. The van der Waals surface area contributed by atoms with E-state index >= 15 is 0 Å². The number of imidazole rings is 1. The van der Waals surface area contributed by atoms with E-state index in [9.17, 15) is 0 Å². The molecule has 0 amide bonds. The molecular weight excluding hydrogens is 460 g/mol. The maximum atomic E-state index is 3.63. The number of unbranched alkanes of at least 4 members (excludes halogenated alkanes) is 13. The molecule has 0 aliphatic rings. The number of nitrogens with one attached hydrogen (secondary N) is 1. The van der Waals surface area contributed by atoms with Crippen LogP contribution in [0.2, 0.25) is 0 Å². The van der Waals surface area contributed by atoms with Crippen LogP contribution in [0.3, 0.4) is 0 Å². The first-order valence-electron chi connectivity index (χ1n) is 15.8. The summed E-state index contributed by atoms with van der Waals surface area (Å²) in [6, 6.07) is 22.3. The second kappa shape index (κ2) is 17.3. The van der Waals surface area contributed by atoms with Gasteiger partial charge in [-0.2, -0.15) is 0 Å². The minimum Gasteiger partial charge on any atom is -0.247 e. The summed E-state index contributed by atoms with van der Waals surface area (Å²) in [6.07, 6.45) is 26.2. The molecule has 38 heavy (non-hydrogen) atoms. The van der Waals surface area contributed by atoms with E-state index in [-0.39, 0.29) is 5.41 Å². The quantitative estimate of drug-likeness (QED) is 0.114. The molecule has 0 bridgehead atoms. The molecule has 0 fully saturated rings. The SMILES string of the molecule is CCCCCCCCCCCCCCCCC(c1[nH]cc[n+]1C)C(C)(Cc1ccccc1)c1ccccc1. The molecule has 1 aromatic heterocycles. The molecule has 2 nitrogen and oxygen atoms in total. The fourth-order valence-electron chi connectivity index (χ4n) is 6.33. The highest BCUT2D eigenvalue weighted by molar-refractivity contribution is 5.32. The zero-order chi connectivity index (χ0) is 26.9. The van der Waals surface area contributed by atoms with Crippen molar-refractivity contribution in [1.82, 2.24) is 4.98 Å². The van der Waals surface area contributed by atoms with E-state index in [1.807, 2.05) is 0 Å². The van der Waals surface area contributed by atoms with Crippen LogP contribution in [0, 0.1) is 0 Å². The second-order valence-corrected chi connectivity index (χ2v) is 11.8. The molecular formula is C36H55N2+. The molecule has 2 heteroatoms. The van der Waals surface area contributed by atoms with Crippen LogP contribution < -0.4 is 4.57 Å². The van der Waals surface area contributed by atoms with Gasteiger partial charge in [-0.1, -0.05) is 164 Å².